The van der Waals surface area contributed by atoms with E-state index in [0.29, 0.717) is 11.1 Å². The number of fused-ring (bicyclic) bond motifs is 2. The Balaban J connectivity index is 1.96. The van der Waals surface area contributed by atoms with Crippen molar-refractivity contribution in [3.8, 4) is 0 Å². The summed E-state index contributed by atoms with van der Waals surface area (Å²) in [6, 6.07) is 16.7. The molecule has 0 heterocycles. The first-order valence-corrected chi connectivity index (χ1v) is 9.36. The average Bonchev–Trinajstić information content (AvgIpc) is 2.89. The maximum Gasteiger partial charge on any atom is 0.307 e. The van der Waals surface area contributed by atoms with Crippen LogP contribution in [0.15, 0.2) is 64.6 Å². The fourth-order valence-corrected chi connectivity index (χ4v) is 4.18. The van der Waals surface area contributed by atoms with Crippen molar-refractivity contribution in [3.63, 3.8) is 0 Å². The van der Waals surface area contributed by atoms with Crippen LogP contribution >= 0.6 is 15.9 Å². The van der Waals surface area contributed by atoms with Gasteiger partial charge in [-0.2, -0.15) is 0 Å². The van der Waals surface area contributed by atoms with E-state index in [2.05, 4.69) is 34.1 Å². The molecule has 1 aliphatic rings. The molecule has 0 aromatic heterocycles. The Morgan fingerprint density at radius 1 is 1.07 bits per heavy atom. The van der Waals surface area contributed by atoms with Crippen molar-refractivity contribution in [3.05, 3.63) is 87.2 Å². The van der Waals surface area contributed by atoms with E-state index in [1.165, 1.54) is 12.1 Å². The Morgan fingerprint density at radius 2 is 1.81 bits per heavy atom. The first kappa shape index (κ1) is 17.7. The van der Waals surface area contributed by atoms with E-state index in [9.17, 15) is 14.3 Å². The molecule has 0 aliphatic heterocycles. The molecule has 0 saturated heterocycles. The van der Waals surface area contributed by atoms with E-state index in [1.54, 1.807) is 6.07 Å². The molecule has 0 fully saturated rings. The molecular weight excluding hydrogens is 407 g/mol. The lowest BCUT2D eigenvalue weighted by molar-refractivity contribution is -0.135. The van der Waals surface area contributed by atoms with Gasteiger partial charge >= 0.3 is 5.97 Å². The van der Waals surface area contributed by atoms with Gasteiger partial charge in [-0.1, -0.05) is 52.3 Å². The number of carboxylic acids is 1. The summed E-state index contributed by atoms with van der Waals surface area (Å²) in [5.41, 5.74) is 5.07. The van der Waals surface area contributed by atoms with Gasteiger partial charge in [0.2, 0.25) is 0 Å². The third-order valence-corrected chi connectivity index (χ3v) is 5.68. The van der Waals surface area contributed by atoms with Crippen LogP contribution in [0.5, 0.6) is 0 Å². The van der Waals surface area contributed by atoms with Crippen LogP contribution in [0.4, 0.5) is 4.39 Å². The monoisotopic (exact) mass is 422 g/mol. The molecule has 0 bridgehead atoms. The number of carbonyl (C=O) groups is 1. The van der Waals surface area contributed by atoms with Crippen molar-refractivity contribution in [2.75, 3.05) is 0 Å². The highest BCUT2D eigenvalue weighted by molar-refractivity contribution is 9.10. The summed E-state index contributed by atoms with van der Waals surface area (Å²) in [6.45, 7) is 1.91. The molecule has 0 atom stereocenters. The van der Waals surface area contributed by atoms with Crippen LogP contribution in [0.1, 0.15) is 30.0 Å². The van der Waals surface area contributed by atoms with Crippen molar-refractivity contribution in [2.45, 2.75) is 13.3 Å². The van der Waals surface area contributed by atoms with E-state index in [1.807, 2.05) is 31.2 Å². The molecule has 4 heteroatoms. The summed E-state index contributed by atoms with van der Waals surface area (Å²) >= 11 is 3.59. The highest BCUT2D eigenvalue weighted by Gasteiger charge is 2.25. The second kappa shape index (κ2) is 6.78. The summed E-state index contributed by atoms with van der Waals surface area (Å²) in [7, 11) is 0. The zero-order chi connectivity index (χ0) is 19.1. The Labute approximate surface area is 164 Å². The van der Waals surface area contributed by atoms with Crippen LogP contribution in [0.3, 0.4) is 0 Å². The van der Waals surface area contributed by atoms with E-state index in [0.717, 1.165) is 37.5 Å². The lowest BCUT2D eigenvalue weighted by atomic mass is 9.97. The average molecular weight is 423 g/mol. The predicted molar refractivity (Wildman–Crippen MR) is 111 cm³/mol. The van der Waals surface area contributed by atoms with Crippen LogP contribution < -0.4 is 0 Å². The third kappa shape index (κ3) is 3.10. The molecule has 27 heavy (non-hydrogen) atoms. The quantitative estimate of drug-likeness (QED) is 0.519. The number of halogens is 2. The number of allylic oxidation sites excluding steroid dienone is 2. The highest BCUT2D eigenvalue weighted by atomic mass is 79.9. The van der Waals surface area contributed by atoms with Gasteiger partial charge < -0.3 is 5.11 Å². The Kier molecular flexibility index (Phi) is 4.44. The molecule has 0 amide bonds. The predicted octanol–water partition coefficient (Wildman–Crippen LogP) is 6.54. The highest BCUT2D eigenvalue weighted by Crippen LogP contribution is 2.44. The molecular formula is C23H16BrFO2. The van der Waals surface area contributed by atoms with Crippen LogP contribution in [0.2, 0.25) is 0 Å². The van der Waals surface area contributed by atoms with Crippen molar-refractivity contribution in [2.24, 2.45) is 0 Å². The summed E-state index contributed by atoms with van der Waals surface area (Å²) < 4.78 is 14.8. The minimum absolute atomic E-state index is 0.124. The van der Waals surface area contributed by atoms with Gasteiger partial charge in [-0.25, -0.2) is 4.39 Å². The fourth-order valence-electron chi connectivity index (χ4n) is 3.70. The number of benzene rings is 3. The first-order chi connectivity index (χ1) is 13.0. The van der Waals surface area contributed by atoms with Gasteiger partial charge in [0.05, 0.1) is 6.42 Å². The molecule has 1 N–H and O–H groups in total. The minimum Gasteiger partial charge on any atom is -0.481 e. The van der Waals surface area contributed by atoms with Crippen molar-refractivity contribution < 1.29 is 14.3 Å². The maximum absolute atomic E-state index is 13.8. The number of hydrogen-bond acceptors (Lipinski definition) is 1. The zero-order valence-electron chi connectivity index (χ0n) is 14.6. The molecule has 1 aliphatic carbocycles. The van der Waals surface area contributed by atoms with E-state index >= 15 is 0 Å². The van der Waals surface area contributed by atoms with E-state index in [4.69, 9.17) is 0 Å². The second-order valence-corrected chi connectivity index (χ2v) is 7.46. The maximum atomic E-state index is 13.8. The Morgan fingerprint density at radius 3 is 2.56 bits per heavy atom. The van der Waals surface area contributed by atoms with Crippen LogP contribution in [0.25, 0.3) is 28.0 Å². The van der Waals surface area contributed by atoms with E-state index in [-0.39, 0.29) is 12.2 Å². The van der Waals surface area contributed by atoms with Crippen LogP contribution in [0, 0.1) is 5.82 Å². The van der Waals surface area contributed by atoms with Gasteiger partial charge in [0, 0.05) is 4.47 Å². The Bertz CT molecular complexity index is 1160. The standard InChI is InChI=1S/C23H16BrFO2/c1-13-19(10-14-6-9-22(24)18-5-3-2-4-16(14)18)17-8-7-15(25)11-21(17)20(13)12-23(26)27/h2-11H,12H2,1H3,(H,26,27)/b19-10-. The Hall–Kier alpha value is -2.72. The van der Waals surface area contributed by atoms with Gasteiger partial charge in [0.1, 0.15) is 5.82 Å². The number of rotatable bonds is 3. The van der Waals surface area contributed by atoms with Crippen molar-refractivity contribution in [1.29, 1.82) is 0 Å². The SMILES string of the molecule is CC1=C(CC(=O)O)c2cc(F)ccc2/C1=C\c1ccc(Br)c2ccccc12. The van der Waals surface area contributed by atoms with Gasteiger partial charge in [-0.3, -0.25) is 4.79 Å². The summed E-state index contributed by atoms with van der Waals surface area (Å²) in [6.07, 6.45) is 1.94. The third-order valence-electron chi connectivity index (χ3n) is 4.99. The van der Waals surface area contributed by atoms with Gasteiger partial charge in [0.25, 0.3) is 0 Å². The molecule has 0 unspecified atom stereocenters. The first-order valence-electron chi connectivity index (χ1n) is 8.57. The lowest BCUT2D eigenvalue weighted by Crippen LogP contribution is -1.97. The molecule has 4 rings (SSSR count). The summed E-state index contributed by atoms with van der Waals surface area (Å²) in [4.78, 5) is 11.3. The zero-order valence-corrected chi connectivity index (χ0v) is 16.2. The van der Waals surface area contributed by atoms with Gasteiger partial charge in [-0.05, 0) is 75.4 Å². The number of hydrogen-bond donors (Lipinski definition) is 1. The molecule has 3 aromatic rings. The molecule has 0 radical (unpaired) electrons. The van der Waals surface area contributed by atoms with Crippen molar-refractivity contribution in [1.82, 2.24) is 0 Å². The molecule has 0 spiro atoms. The second-order valence-electron chi connectivity index (χ2n) is 6.60. The number of carboxylic acid groups (broad SMARTS) is 1. The fraction of sp³-hybridized carbons (Fsp3) is 0.0870. The molecule has 134 valence electrons. The van der Waals surface area contributed by atoms with E-state index < -0.39 is 5.97 Å². The molecule has 0 saturated carbocycles. The summed E-state index contributed by atoms with van der Waals surface area (Å²) in [5, 5.41) is 11.5. The largest absolute Gasteiger partial charge is 0.481 e. The van der Waals surface area contributed by atoms with Gasteiger partial charge in [0.15, 0.2) is 0 Å². The van der Waals surface area contributed by atoms with Crippen molar-refractivity contribution >= 4 is 49.9 Å². The molecule has 2 nitrogen and oxygen atoms in total. The van der Waals surface area contributed by atoms with Crippen LogP contribution in [-0.4, -0.2) is 11.1 Å². The normalized spacial score (nSPS) is 14.9. The molecule has 3 aromatic carbocycles. The summed E-state index contributed by atoms with van der Waals surface area (Å²) in [5.74, 6) is -1.28. The van der Waals surface area contributed by atoms with Crippen LogP contribution in [-0.2, 0) is 4.79 Å². The van der Waals surface area contributed by atoms with Gasteiger partial charge in [-0.15, -0.1) is 0 Å². The minimum atomic E-state index is -0.921. The number of aliphatic carboxylic acids is 1. The lowest BCUT2D eigenvalue weighted by Gasteiger charge is -2.08. The smallest absolute Gasteiger partial charge is 0.307 e. The topological polar surface area (TPSA) is 37.3 Å².